The molecule has 3 atom stereocenters. The van der Waals surface area contributed by atoms with Crippen molar-refractivity contribution in [1.82, 2.24) is 10.2 Å². The van der Waals surface area contributed by atoms with Gasteiger partial charge in [-0.3, -0.25) is 9.59 Å². The van der Waals surface area contributed by atoms with Crippen molar-refractivity contribution in [2.75, 3.05) is 13.1 Å². The van der Waals surface area contributed by atoms with Gasteiger partial charge in [0.1, 0.15) is 12.1 Å². The molecular weight excluding hydrogens is 262 g/mol. The molecule has 4 N–H and O–H groups in total. The Bertz CT molecular complexity index is 386. The average Bonchev–Trinajstić information content (AvgIpc) is 2.92. The second-order valence-electron chi connectivity index (χ2n) is 5.16. The summed E-state index contributed by atoms with van der Waals surface area (Å²) in [6.07, 6.45) is 1.83. The average molecular weight is 285 g/mol. The van der Waals surface area contributed by atoms with E-state index in [2.05, 4.69) is 5.32 Å². The molecule has 1 aliphatic rings. The van der Waals surface area contributed by atoms with Crippen LogP contribution in [0.3, 0.4) is 0 Å². The van der Waals surface area contributed by atoms with Crippen LogP contribution < -0.4 is 11.1 Å². The van der Waals surface area contributed by atoms with Crippen LogP contribution in [0, 0.1) is 5.92 Å². The summed E-state index contributed by atoms with van der Waals surface area (Å²) < 4.78 is 0. The lowest BCUT2D eigenvalue weighted by Gasteiger charge is -2.30. The van der Waals surface area contributed by atoms with Gasteiger partial charge in [-0.25, -0.2) is 4.79 Å². The van der Waals surface area contributed by atoms with Gasteiger partial charge in [0.15, 0.2) is 0 Å². The number of carboxylic acids is 1. The lowest BCUT2D eigenvalue weighted by Crippen LogP contribution is -2.55. The van der Waals surface area contributed by atoms with Crippen LogP contribution in [0.15, 0.2) is 0 Å². The molecule has 20 heavy (non-hydrogen) atoms. The van der Waals surface area contributed by atoms with E-state index in [-0.39, 0.29) is 18.4 Å². The van der Waals surface area contributed by atoms with E-state index in [1.807, 2.05) is 13.8 Å². The predicted octanol–water partition coefficient (Wildman–Crippen LogP) is -0.448. The Hall–Kier alpha value is -1.63. The third-order valence-corrected chi connectivity index (χ3v) is 3.80. The van der Waals surface area contributed by atoms with E-state index in [0.29, 0.717) is 25.8 Å². The summed E-state index contributed by atoms with van der Waals surface area (Å²) in [5.41, 5.74) is 5.26. The summed E-state index contributed by atoms with van der Waals surface area (Å²) in [5, 5.41) is 11.7. The van der Waals surface area contributed by atoms with E-state index < -0.39 is 24.0 Å². The highest BCUT2D eigenvalue weighted by molar-refractivity contribution is 5.91. The van der Waals surface area contributed by atoms with Crippen LogP contribution in [0.1, 0.15) is 33.1 Å². The van der Waals surface area contributed by atoms with Gasteiger partial charge in [0.2, 0.25) is 11.8 Å². The Balaban J connectivity index is 2.86. The number of carbonyl (C=O) groups excluding carboxylic acids is 2. The fourth-order valence-corrected chi connectivity index (χ4v) is 2.38. The normalized spacial score (nSPS) is 21.4. The number of aliphatic carboxylic acids is 1. The maximum absolute atomic E-state index is 12.5. The van der Waals surface area contributed by atoms with Gasteiger partial charge in [-0.2, -0.15) is 0 Å². The van der Waals surface area contributed by atoms with Crippen LogP contribution in [-0.4, -0.2) is 53.0 Å². The van der Waals surface area contributed by atoms with Crippen molar-refractivity contribution in [3.8, 4) is 0 Å². The molecule has 1 saturated heterocycles. The molecule has 0 aromatic heterocycles. The van der Waals surface area contributed by atoms with E-state index in [1.165, 1.54) is 4.90 Å². The lowest BCUT2D eigenvalue weighted by molar-refractivity contribution is -0.150. The van der Waals surface area contributed by atoms with Gasteiger partial charge < -0.3 is 21.1 Å². The third kappa shape index (κ3) is 3.69. The number of hydrogen-bond acceptors (Lipinski definition) is 4. The lowest BCUT2D eigenvalue weighted by atomic mass is 9.97. The fraction of sp³-hybridized carbons (Fsp3) is 0.769. The molecule has 7 heteroatoms. The largest absolute Gasteiger partial charge is 0.480 e. The highest BCUT2D eigenvalue weighted by Crippen LogP contribution is 2.21. The molecule has 0 aromatic carbocycles. The molecule has 7 nitrogen and oxygen atoms in total. The molecule has 0 aromatic rings. The minimum Gasteiger partial charge on any atom is -0.480 e. The Morgan fingerprint density at radius 3 is 2.60 bits per heavy atom. The van der Waals surface area contributed by atoms with Crippen LogP contribution >= 0.6 is 0 Å². The topological polar surface area (TPSA) is 113 Å². The van der Waals surface area contributed by atoms with E-state index in [9.17, 15) is 14.4 Å². The number of carboxylic acid groups (broad SMARTS) is 1. The standard InChI is InChI=1S/C13H23N3O4/c1-3-8(2)11(15-10(17)7-14)12(18)16-6-4-5-9(16)13(19)20/h8-9,11H,3-7,14H2,1-2H3,(H,15,17)(H,19,20). The highest BCUT2D eigenvalue weighted by atomic mass is 16.4. The molecule has 0 spiro atoms. The zero-order valence-corrected chi connectivity index (χ0v) is 12.0. The number of nitrogens with zero attached hydrogens (tertiary/aromatic N) is 1. The van der Waals surface area contributed by atoms with Crippen molar-refractivity contribution < 1.29 is 19.5 Å². The van der Waals surface area contributed by atoms with Crippen LogP contribution in [0.5, 0.6) is 0 Å². The summed E-state index contributed by atoms with van der Waals surface area (Å²) in [7, 11) is 0. The number of nitrogens with one attached hydrogen (secondary N) is 1. The van der Waals surface area contributed by atoms with Gasteiger partial charge in [0, 0.05) is 6.54 Å². The molecule has 1 aliphatic heterocycles. The molecule has 0 saturated carbocycles. The van der Waals surface area contributed by atoms with Gasteiger partial charge in [0.05, 0.1) is 6.54 Å². The minimum absolute atomic E-state index is 0.0759. The van der Waals surface area contributed by atoms with Crippen LogP contribution in [0.25, 0.3) is 0 Å². The van der Waals surface area contributed by atoms with Crippen molar-refractivity contribution in [3.63, 3.8) is 0 Å². The molecular formula is C13H23N3O4. The Kier molecular flexibility index (Phi) is 5.94. The predicted molar refractivity (Wildman–Crippen MR) is 72.8 cm³/mol. The first-order chi connectivity index (χ1) is 9.42. The van der Waals surface area contributed by atoms with Crippen LogP contribution in [0.4, 0.5) is 0 Å². The molecule has 114 valence electrons. The number of amides is 2. The maximum atomic E-state index is 12.5. The summed E-state index contributed by atoms with van der Waals surface area (Å²) >= 11 is 0. The van der Waals surface area contributed by atoms with Crippen LogP contribution in [0.2, 0.25) is 0 Å². The molecule has 1 rings (SSSR count). The molecule has 1 heterocycles. The molecule has 2 amide bonds. The SMILES string of the molecule is CCC(C)C(NC(=O)CN)C(=O)N1CCCC1C(=O)O. The monoisotopic (exact) mass is 285 g/mol. The van der Waals surface area contributed by atoms with Gasteiger partial charge in [0.25, 0.3) is 0 Å². The van der Waals surface area contributed by atoms with E-state index in [0.717, 1.165) is 0 Å². The van der Waals surface area contributed by atoms with Gasteiger partial charge in [-0.15, -0.1) is 0 Å². The zero-order chi connectivity index (χ0) is 15.3. The maximum Gasteiger partial charge on any atom is 0.326 e. The molecule has 0 radical (unpaired) electrons. The summed E-state index contributed by atoms with van der Waals surface area (Å²) in [6.45, 7) is 3.99. The summed E-state index contributed by atoms with van der Waals surface area (Å²) in [6, 6.07) is -1.50. The fourth-order valence-electron chi connectivity index (χ4n) is 2.38. The number of likely N-dealkylation sites (tertiary alicyclic amines) is 1. The van der Waals surface area contributed by atoms with Crippen molar-refractivity contribution in [2.45, 2.75) is 45.2 Å². The Labute approximate surface area is 118 Å². The summed E-state index contributed by atoms with van der Waals surface area (Å²) in [5.74, 6) is -1.81. The Morgan fingerprint density at radius 2 is 2.10 bits per heavy atom. The first-order valence-electron chi connectivity index (χ1n) is 6.95. The van der Waals surface area contributed by atoms with E-state index >= 15 is 0 Å². The van der Waals surface area contributed by atoms with Gasteiger partial charge in [-0.05, 0) is 18.8 Å². The molecule has 3 unspecified atom stereocenters. The molecule has 0 bridgehead atoms. The number of nitrogens with two attached hydrogens (primary N) is 1. The van der Waals surface area contributed by atoms with Crippen molar-refractivity contribution in [1.29, 1.82) is 0 Å². The number of hydrogen-bond donors (Lipinski definition) is 3. The second kappa shape index (κ2) is 7.23. The highest BCUT2D eigenvalue weighted by Gasteiger charge is 2.38. The second-order valence-corrected chi connectivity index (χ2v) is 5.16. The zero-order valence-electron chi connectivity index (χ0n) is 12.0. The first kappa shape index (κ1) is 16.4. The van der Waals surface area contributed by atoms with Crippen molar-refractivity contribution in [2.24, 2.45) is 11.7 Å². The minimum atomic E-state index is -0.996. The third-order valence-electron chi connectivity index (χ3n) is 3.80. The number of carbonyl (C=O) groups is 3. The Morgan fingerprint density at radius 1 is 1.45 bits per heavy atom. The van der Waals surface area contributed by atoms with Crippen molar-refractivity contribution >= 4 is 17.8 Å². The van der Waals surface area contributed by atoms with Crippen molar-refractivity contribution in [3.05, 3.63) is 0 Å². The molecule has 0 aliphatic carbocycles. The van der Waals surface area contributed by atoms with Gasteiger partial charge >= 0.3 is 5.97 Å². The van der Waals surface area contributed by atoms with E-state index in [4.69, 9.17) is 10.8 Å². The first-order valence-corrected chi connectivity index (χ1v) is 6.95. The van der Waals surface area contributed by atoms with E-state index in [1.54, 1.807) is 0 Å². The number of rotatable bonds is 6. The summed E-state index contributed by atoms with van der Waals surface area (Å²) in [4.78, 5) is 36.5. The molecule has 1 fully saturated rings. The smallest absolute Gasteiger partial charge is 0.326 e. The van der Waals surface area contributed by atoms with Crippen LogP contribution in [-0.2, 0) is 14.4 Å². The van der Waals surface area contributed by atoms with Gasteiger partial charge in [-0.1, -0.05) is 20.3 Å². The quantitative estimate of drug-likeness (QED) is 0.612.